The summed E-state index contributed by atoms with van der Waals surface area (Å²) < 4.78 is 99.1. The third-order valence-electron chi connectivity index (χ3n) is 3.71. The van der Waals surface area contributed by atoms with Gasteiger partial charge in [0, 0.05) is 0 Å². The lowest BCUT2D eigenvalue weighted by Crippen LogP contribution is -2.33. The molecule has 2 aliphatic carbocycles. The average Bonchev–Trinajstić information content (AvgIpc) is 2.85. The molecule has 2 unspecified atom stereocenters. The summed E-state index contributed by atoms with van der Waals surface area (Å²) in [5.74, 6) is 0. The Bertz CT molecular complexity index is 773. The van der Waals surface area contributed by atoms with Gasteiger partial charge in [-0.05, 0) is 31.3 Å². The van der Waals surface area contributed by atoms with Crippen LogP contribution >= 0.6 is 0 Å². The number of halogens is 4. The van der Waals surface area contributed by atoms with Crippen molar-refractivity contribution in [3.63, 3.8) is 0 Å². The molecule has 4 nitrogen and oxygen atoms in total. The van der Waals surface area contributed by atoms with Gasteiger partial charge in [-0.2, -0.15) is 13.2 Å². The average molecular weight is 374 g/mol. The van der Waals surface area contributed by atoms with Crippen LogP contribution in [0.1, 0.15) is 25.7 Å². The van der Waals surface area contributed by atoms with E-state index in [2.05, 4.69) is 0 Å². The van der Waals surface area contributed by atoms with Crippen LogP contribution in [0, 0.1) is 0 Å². The standard InChI is InChI=1S/C13H14F4O4S2/c14-10-6-7-11(8-10)22(18,19)12(9-4-2-1-3-5-9)23(20,21)13(15,16)17/h1-4,10-11H,5-8H2/b12-9-. The van der Waals surface area contributed by atoms with Crippen LogP contribution in [-0.2, 0) is 19.7 Å². The summed E-state index contributed by atoms with van der Waals surface area (Å²) in [5.41, 5.74) is -6.20. The van der Waals surface area contributed by atoms with Gasteiger partial charge < -0.3 is 0 Å². The van der Waals surface area contributed by atoms with Gasteiger partial charge in [0.25, 0.3) is 9.84 Å². The molecule has 130 valence electrons. The second-order valence-electron chi connectivity index (χ2n) is 5.33. The van der Waals surface area contributed by atoms with Crippen LogP contribution in [0.15, 0.2) is 34.1 Å². The number of hydrogen-bond donors (Lipinski definition) is 0. The van der Waals surface area contributed by atoms with Crippen molar-refractivity contribution in [2.24, 2.45) is 0 Å². The molecule has 0 bridgehead atoms. The maximum absolute atomic E-state index is 13.3. The molecule has 1 saturated carbocycles. The molecule has 2 rings (SSSR count). The fourth-order valence-corrected chi connectivity index (χ4v) is 6.95. The van der Waals surface area contributed by atoms with Gasteiger partial charge in [-0.15, -0.1) is 0 Å². The lowest BCUT2D eigenvalue weighted by molar-refractivity contribution is -0.0425. The van der Waals surface area contributed by atoms with E-state index in [4.69, 9.17) is 0 Å². The van der Waals surface area contributed by atoms with E-state index in [1.807, 2.05) is 0 Å². The van der Waals surface area contributed by atoms with E-state index in [0.717, 1.165) is 6.08 Å². The second-order valence-corrected chi connectivity index (χ2v) is 9.63. The topological polar surface area (TPSA) is 68.3 Å². The van der Waals surface area contributed by atoms with Crippen LogP contribution in [-0.4, -0.2) is 33.8 Å². The molecule has 10 heteroatoms. The number of hydrogen-bond acceptors (Lipinski definition) is 4. The molecular weight excluding hydrogens is 360 g/mol. The number of sulfone groups is 2. The first kappa shape index (κ1) is 18.2. The lowest BCUT2D eigenvalue weighted by atomic mass is 10.1. The van der Waals surface area contributed by atoms with Crippen molar-refractivity contribution in [2.75, 3.05) is 0 Å². The fourth-order valence-electron chi connectivity index (χ4n) is 2.60. The maximum Gasteiger partial charge on any atom is 0.502 e. The molecule has 0 aromatic rings. The van der Waals surface area contributed by atoms with E-state index < -0.39 is 52.8 Å². The van der Waals surface area contributed by atoms with Crippen molar-refractivity contribution >= 4 is 19.7 Å². The molecule has 2 aliphatic rings. The van der Waals surface area contributed by atoms with Crippen molar-refractivity contribution in [2.45, 2.75) is 42.6 Å². The summed E-state index contributed by atoms with van der Waals surface area (Å²) in [6.45, 7) is 0. The van der Waals surface area contributed by atoms with Crippen LogP contribution in [0.5, 0.6) is 0 Å². The van der Waals surface area contributed by atoms with E-state index >= 15 is 0 Å². The minimum absolute atomic E-state index is 0.117. The minimum atomic E-state index is -6.07. The SMILES string of the molecule is O=S(=O)(/C(=C1\C=CC=CC1)S(=O)(=O)C(F)(F)F)C1CCC(F)C1. The normalized spacial score (nSPS) is 28.2. The molecule has 0 aromatic heterocycles. The molecule has 0 spiro atoms. The Morgan fingerprint density at radius 3 is 2.17 bits per heavy atom. The molecule has 0 radical (unpaired) electrons. The molecule has 0 aromatic carbocycles. The Morgan fingerprint density at radius 2 is 1.74 bits per heavy atom. The molecule has 0 saturated heterocycles. The zero-order valence-corrected chi connectivity index (χ0v) is 13.4. The molecular formula is C13H14F4O4S2. The summed E-state index contributed by atoms with van der Waals surface area (Å²) in [5, 5.41) is -1.46. The van der Waals surface area contributed by atoms with Gasteiger partial charge >= 0.3 is 5.51 Å². The molecule has 2 atom stereocenters. The van der Waals surface area contributed by atoms with Gasteiger partial charge in [0.05, 0.1) is 5.25 Å². The summed E-state index contributed by atoms with van der Waals surface area (Å²) in [6, 6.07) is 0. The quantitative estimate of drug-likeness (QED) is 0.713. The van der Waals surface area contributed by atoms with E-state index in [1.54, 1.807) is 0 Å². The van der Waals surface area contributed by atoms with Crippen molar-refractivity contribution in [1.29, 1.82) is 0 Å². The third kappa shape index (κ3) is 3.37. The molecule has 0 aliphatic heterocycles. The monoisotopic (exact) mass is 374 g/mol. The van der Waals surface area contributed by atoms with Crippen LogP contribution in [0.25, 0.3) is 0 Å². The highest BCUT2D eigenvalue weighted by Gasteiger charge is 2.55. The van der Waals surface area contributed by atoms with Gasteiger partial charge in [-0.3, -0.25) is 0 Å². The molecule has 1 fully saturated rings. The van der Waals surface area contributed by atoms with Crippen molar-refractivity contribution < 1.29 is 34.4 Å². The summed E-state index contributed by atoms with van der Waals surface area (Å²) in [7, 11) is -10.9. The number of rotatable bonds is 3. The zero-order valence-electron chi connectivity index (χ0n) is 11.8. The molecule has 0 heterocycles. The van der Waals surface area contributed by atoms with Gasteiger partial charge in [0.2, 0.25) is 0 Å². The van der Waals surface area contributed by atoms with Gasteiger partial charge in [0.1, 0.15) is 6.17 Å². The Balaban J connectivity index is 2.65. The Kier molecular flexibility index (Phi) is 4.78. The highest BCUT2D eigenvalue weighted by molar-refractivity contribution is 8.15. The minimum Gasteiger partial charge on any atom is -0.247 e. The number of allylic oxidation sites excluding steroid dienone is 5. The van der Waals surface area contributed by atoms with Crippen LogP contribution in [0.2, 0.25) is 0 Å². The third-order valence-corrected chi connectivity index (χ3v) is 8.51. The van der Waals surface area contributed by atoms with Crippen molar-refractivity contribution in [1.82, 2.24) is 0 Å². The van der Waals surface area contributed by atoms with Crippen molar-refractivity contribution in [3.05, 3.63) is 34.1 Å². The Labute approximate surface area is 131 Å². The second kappa shape index (κ2) is 6.04. The van der Waals surface area contributed by atoms with Crippen LogP contribution in [0.4, 0.5) is 17.6 Å². The molecule has 23 heavy (non-hydrogen) atoms. The predicted octanol–water partition coefficient (Wildman–Crippen LogP) is 2.95. The summed E-state index contributed by atoms with van der Waals surface area (Å²) in [6.07, 6.45) is 2.56. The first-order chi connectivity index (χ1) is 10.5. The lowest BCUT2D eigenvalue weighted by Gasteiger charge is -2.19. The van der Waals surface area contributed by atoms with E-state index in [-0.39, 0.29) is 19.3 Å². The van der Waals surface area contributed by atoms with Gasteiger partial charge in [0.15, 0.2) is 14.1 Å². The smallest absolute Gasteiger partial charge is 0.247 e. The van der Waals surface area contributed by atoms with Crippen molar-refractivity contribution in [3.8, 4) is 0 Å². The Hall–Kier alpha value is -1.16. The first-order valence-corrected chi connectivity index (χ1v) is 9.76. The van der Waals surface area contributed by atoms with E-state index in [0.29, 0.717) is 0 Å². The van der Waals surface area contributed by atoms with E-state index in [9.17, 15) is 34.4 Å². The number of alkyl halides is 4. The zero-order chi connectivity index (χ0) is 17.5. The fraction of sp³-hybridized carbons (Fsp3) is 0.538. The van der Waals surface area contributed by atoms with Gasteiger partial charge in [-0.1, -0.05) is 24.3 Å². The summed E-state index contributed by atoms with van der Waals surface area (Å²) >= 11 is 0. The maximum atomic E-state index is 13.3. The highest BCUT2D eigenvalue weighted by Crippen LogP contribution is 2.40. The molecule has 0 amide bonds. The van der Waals surface area contributed by atoms with Crippen LogP contribution < -0.4 is 0 Å². The predicted molar refractivity (Wildman–Crippen MR) is 76.4 cm³/mol. The van der Waals surface area contributed by atoms with E-state index in [1.165, 1.54) is 18.2 Å². The summed E-state index contributed by atoms with van der Waals surface area (Å²) in [4.78, 5) is 0. The first-order valence-electron chi connectivity index (χ1n) is 6.73. The molecule has 0 N–H and O–H groups in total. The highest BCUT2D eigenvalue weighted by atomic mass is 32.3. The largest absolute Gasteiger partial charge is 0.502 e. The van der Waals surface area contributed by atoms with Crippen LogP contribution in [0.3, 0.4) is 0 Å². The van der Waals surface area contributed by atoms with Gasteiger partial charge in [-0.25, -0.2) is 21.2 Å². The Morgan fingerprint density at radius 1 is 1.09 bits per heavy atom.